The number of likely N-dealkylation sites (tertiary alicyclic amines) is 2. The predicted molar refractivity (Wildman–Crippen MR) is 104 cm³/mol. The summed E-state index contributed by atoms with van der Waals surface area (Å²) in [6.07, 6.45) is 8.90. The number of H-pyrrole nitrogens is 1. The molecule has 2 amide bonds. The summed E-state index contributed by atoms with van der Waals surface area (Å²) in [5.74, 6) is 1.75. The third-order valence-corrected chi connectivity index (χ3v) is 6.45. The van der Waals surface area contributed by atoms with Gasteiger partial charge in [0.25, 0.3) is 0 Å². The molecule has 5 rings (SSSR count). The lowest BCUT2D eigenvalue weighted by atomic mass is 9.86. The van der Waals surface area contributed by atoms with Crippen LogP contribution in [0.3, 0.4) is 0 Å². The van der Waals surface area contributed by atoms with Gasteiger partial charge in [-0.15, -0.1) is 0 Å². The number of aromatic amines is 1. The Balaban J connectivity index is 1.49. The first kappa shape index (κ1) is 16.6. The highest BCUT2D eigenvalue weighted by Crippen LogP contribution is 2.34. The Morgan fingerprint density at radius 3 is 2.85 bits per heavy atom. The molecule has 3 aromatic heterocycles. The van der Waals surface area contributed by atoms with Crippen molar-refractivity contribution in [2.75, 3.05) is 19.6 Å². The van der Waals surface area contributed by atoms with Crippen LogP contribution in [0.5, 0.6) is 0 Å². The molecule has 3 atom stereocenters. The molecule has 3 aromatic rings. The fourth-order valence-electron chi connectivity index (χ4n) is 4.74. The monoisotopic (exact) mass is 366 g/mol. The summed E-state index contributed by atoms with van der Waals surface area (Å²) in [6.45, 7) is 6.90. The Labute approximate surface area is 158 Å². The van der Waals surface area contributed by atoms with E-state index in [0.29, 0.717) is 12.0 Å². The highest BCUT2D eigenvalue weighted by Gasteiger charge is 2.36. The molecule has 5 heterocycles. The summed E-state index contributed by atoms with van der Waals surface area (Å²) in [7, 11) is 0. The predicted octanol–water partition coefficient (Wildman–Crippen LogP) is 3.24. The number of nitrogens with zero attached hydrogens (tertiary/aromatic N) is 5. The van der Waals surface area contributed by atoms with Crippen molar-refractivity contribution in [3.8, 4) is 0 Å². The maximum atomic E-state index is 13.1. The largest absolute Gasteiger partial charge is 0.345 e. The average Bonchev–Trinajstić information content (AvgIpc) is 3.39. The van der Waals surface area contributed by atoms with Crippen molar-refractivity contribution in [1.29, 1.82) is 0 Å². The smallest absolute Gasteiger partial charge is 0.320 e. The third kappa shape index (κ3) is 2.59. The van der Waals surface area contributed by atoms with Crippen molar-refractivity contribution >= 4 is 22.7 Å². The number of hydrogen-bond acceptors (Lipinski definition) is 3. The lowest BCUT2D eigenvalue weighted by molar-refractivity contribution is 0.123. The van der Waals surface area contributed by atoms with Gasteiger partial charge in [-0.25, -0.2) is 14.8 Å². The summed E-state index contributed by atoms with van der Waals surface area (Å²) in [5.41, 5.74) is 2.91. The van der Waals surface area contributed by atoms with Gasteiger partial charge in [-0.1, -0.05) is 6.92 Å². The molecule has 7 nitrogen and oxygen atoms in total. The van der Waals surface area contributed by atoms with Gasteiger partial charge < -0.3 is 14.8 Å². The van der Waals surface area contributed by atoms with Crippen LogP contribution < -0.4 is 0 Å². The van der Waals surface area contributed by atoms with E-state index in [-0.39, 0.29) is 11.9 Å². The highest BCUT2D eigenvalue weighted by molar-refractivity contribution is 5.76. The van der Waals surface area contributed by atoms with Crippen molar-refractivity contribution < 1.29 is 4.79 Å². The zero-order chi connectivity index (χ0) is 18.5. The van der Waals surface area contributed by atoms with Gasteiger partial charge in [-0.05, 0) is 38.2 Å². The van der Waals surface area contributed by atoms with Gasteiger partial charge in [-0.3, -0.25) is 4.40 Å². The van der Waals surface area contributed by atoms with Crippen molar-refractivity contribution in [2.24, 2.45) is 5.92 Å². The second kappa shape index (κ2) is 6.25. The molecule has 0 radical (unpaired) electrons. The number of nitrogens with one attached hydrogen (secondary N) is 1. The van der Waals surface area contributed by atoms with E-state index >= 15 is 0 Å². The average molecular weight is 366 g/mol. The minimum atomic E-state index is 0.200. The van der Waals surface area contributed by atoms with Crippen LogP contribution in [-0.2, 0) is 0 Å². The second-order valence-corrected chi connectivity index (χ2v) is 8.13. The highest BCUT2D eigenvalue weighted by atomic mass is 16.2. The van der Waals surface area contributed by atoms with Crippen molar-refractivity contribution in [1.82, 2.24) is 29.2 Å². The quantitative estimate of drug-likeness (QED) is 0.719. The Morgan fingerprint density at radius 2 is 2.04 bits per heavy atom. The van der Waals surface area contributed by atoms with E-state index in [0.717, 1.165) is 61.4 Å². The molecule has 0 saturated carbocycles. The van der Waals surface area contributed by atoms with Gasteiger partial charge in [-0.2, -0.15) is 0 Å². The van der Waals surface area contributed by atoms with E-state index in [4.69, 9.17) is 4.98 Å². The molecule has 3 unspecified atom stereocenters. The van der Waals surface area contributed by atoms with E-state index in [9.17, 15) is 4.79 Å². The van der Waals surface area contributed by atoms with Gasteiger partial charge in [0.1, 0.15) is 5.82 Å². The summed E-state index contributed by atoms with van der Waals surface area (Å²) in [6, 6.07) is 2.60. The van der Waals surface area contributed by atoms with Gasteiger partial charge in [0.05, 0.1) is 23.4 Å². The summed E-state index contributed by atoms with van der Waals surface area (Å²) in [4.78, 5) is 29.6. The molecule has 7 heteroatoms. The van der Waals surface area contributed by atoms with Crippen LogP contribution in [0, 0.1) is 5.92 Å². The van der Waals surface area contributed by atoms with E-state index in [1.807, 2.05) is 34.5 Å². The number of piperidine rings is 1. The zero-order valence-corrected chi connectivity index (χ0v) is 15.9. The molecule has 0 bridgehead atoms. The number of imidazole rings is 1. The summed E-state index contributed by atoms with van der Waals surface area (Å²) < 4.78 is 2.20. The Bertz CT molecular complexity index is 991. The topological polar surface area (TPSA) is 69.5 Å². The summed E-state index contributed by atoms with van der Waals surface area (Å²) in [5, 5.41) is 0. The number of urea groups is 1. The minimum Gasteiger partial charge on any atom is -0.345 e. The summed E-state index contributed by atoms with van der Waals surface area (Å²) >= 11 is 0. The van der Waals surface area contributed by atoms with Crippen molar-refractivity contribution in [2.45, 2.75) is 45.1 Å². The molecular weight excluding hydrogens is 340 g/mol. The van der Waals surface area contributed by atoms with Gasteiger partial charge >= 0.3 is 6.03 Å². The molecule has 2 saturated heterocycles. The van der Waals surface area contributed by atoms with Crippen LogP contribution in [0.25, 0.3) is 16.7 Å². The first-order valence-electron chi connectivity index (χ1n) is 9.98. The second-order valence-electron chi connectivity index (χ2n) is 8.13. The molecule has 0 aromatic carbocycles. The van der Waals surface area contributed by atoms with Gasteiger partial charge in [0.15, 0.2) is 5.65 Å². The Morgan fingerprint density at radius 1 is 1.19 bits per heavy atom. The first-order chi connectivity index (χ1) is 13.1. The molecule has 2 aliphatic heterocycles. The Hall–Kier alpha value is -2.57. The van der Waals surface area contributed by atoms with Crippen molar-refractivity contribution in [3.63, 3.8) is 0 Å². The van der Waals surface area contributed by atoms with Crippen LogP contribution in [0.15, 0.2) is 24.7 Å². The van der Waals surface area contributed by atoms with E-state index in [1.165, 1.54) is 0 Å². The number of rotatable bonds is 1. The lowest BCUT2D eigenvalue weighted by Gasteiger charge is -2.39. The molecule has 0 spiro atoms. The normalized spacial score (nSPS) is 26.4. The maximum absolute atomic E-state index is 13.1. The van der Waals surface area contributed by atoms with E-state index < -0.39 is 0 Å². The lowest BCUT2D eigenvalue weighted by Crippen LogP contribution is -2.49. The molecule has 1 N–H and O–H groups in total. The SMILES string of the molecule is CC1CCN(C(=O)N2CCCC2C)CC1c1ncc2cnc3[nH]ccc3n12. The number of aromatic nitrogens is 4. The number of amides is 2. The van der Waals surface area contributed by atoms with Crippen LogP contribution >= 0.6 is 0 Å². The van der Waals surface area contributed by atoms with Crippen LogP contribution in [0.4, 0.5) is 4.79 Å². The number of carbonyl (C=O) groups is 1. The van der Waals surface area contributed by atoms with Crippen LogP contribution in [0.1, 0.15) is 44.9 Å². The third-order valence-electron chi connectivity index (χ3n) is 6.45. The first-order valence-corrected chi connectivity index (χ1v) is 9.98. The molecule has 142 valence electrons. The number of fused-ring (bicyclic) bond motifs is 3. The molecule has 27 heavy (non-hydrogen) atoms. The zero-order valence-electron chi connectivity index (χ0n) is 15.9. The fourth-order valence-corrected chi connectivity index (χ4v) is 4.74. The van der Waals surface area contributed by atoms with Crippen LogP contribution in [0.2, 0.25) is 0 Å². The number of hydrogen-bond donors (Lipinski definition) is 1. The molecule has 2 aliphatic rings. The molecular formula is C20H26N6O. The van der Waals surface area contributed by atoms with Crippen LogP contribution in [-0.4, -0.2) is 60.9 Å². The maximum Gasteiger partial charge on any atom is 0.320 e. The van der Waals surface area contributed by atoms with E-state index in [2.05, 4.69) is 28.2 Å². The molecule has 0 aliphatic carbocycles. The Kier molecular flexibility index (Phi) is 3.84. The van der Waals surface area contributed by atoms with E-state index in [1.54, 1.807) is 0 Å². The minimum absolute atomic E-state index is 0.200. The van der Waals surface area contributed by atoms with Gasteiger partial charge in [0, 0.05) is 37.8 Å². The fraction of sp³-hybridized carbons (Fsp3) is 0.550. The standard InChI is InChI=1S/C20H26N6O/c1-13-6-9-24(20(27)25-8-3-4-14(25)2)12-16(13)19-23-11-15-10-22-18-17(26(15)19)5-7-21-18/h5,7,10-11,13-14,16,21H,3-4,6,8-9,12H2,1-2H3. The number of carbonyl (C=O) groups excluding carboxylic acids is 1. The van der Waals surface area contributed by atoms with Gasteiger partial charge in [0.2, 0.25) is 0 Å². The molecule has 2 fully saturated rings. The van der Waals surface area contributed by atoms with Crippen molar-refractivity contribution in [3.05, 3.63) is 30.5 Å².